The Kier molecular flexibility index (Phi) is 5.15. The van der Waals surface area contributed by atoms with Gasteiger partial charge < -0.3 is 9.72 Å². The zero-order chi connectivity index (χ0) is 21.4. The molecule has 7 nitrogen and oxygen atoms in total. The second-order valence-electron chi connectivity index (χ2n) is 6.39. The molecule has 2 aromatic carbocycles. The molecule has 1 aliphatic rings. The van der Waals surface area contributed by atoms with Crippen molar-refractivity contribution in [3.8, 4) is 0 Å². The summed E-state index contributed by atoms with van der Waals surface area (Å²) in [7, 11) is 0. The Labute approximate surface area is 180 Å². The first-order valence-electron chi connectivity index (χ1n) is 8.68. The van der Waals surface area contributed by atoms with E-state index in [2.05, 4.69) is 4.98 Å². The highest BCUT2D eigenvalue weighted by atomic mass is 35.5. The second kappa shape index (κ2) is 7.78. The van der Waals surface area contributed by atoms with Crippen molar-refractivity contribution >= 4 is 52.5 Å². The number of esters is 1. The molecule has 9 heteroatoms. The van der Waals surface area contributed by atoms with Gasteiger partial charge in [-0.25, -0.2) is 9.69 Å². The molecule has 3 aromatic rings. The molecule has 0 radical (unpaired) electrons. The molecule has 0 saturated heterocycles. The number of anilines is 1. The first-order chi connectivity index (χ1) is 14.4. The van der Waals surface area contributed by atoms with Crippen molar-refractivity contribution in [2.75, 3.05) is 11.5 Å². The van der Waals surface area contributed by atoms with E-state index in [-0.39, 0.29) is 32.4 Å². The Morgan fingerprint density at radius 3 is 2.40 bits per heavy atom. The number of ketones is 1. The van der Waals surface area contributed by atoms with Gasteiger partial charge in [0.25, 0.3) is 11.8 Å². The number of carbonyl (C=O) groups excluding carboxylic acids is 4. The number of rotatable bonds is 5. The number of hydrogen-bond donors (Lipinski definition) is 1. The van der Waals surface area contributed by atoms with Crippen molar-refractivity contribution < 1.29 is 23.9 Å². The minimum atomic E-state index is -0.786. The summed E-state index contributed by atoms with van der Waals surface area (Å²) in [6.07, 6.45) is 1.58. The lowest BCUT2D eigenvalue weighted by atomic mass is 10.1. The summed E-state index contributed by atoms with van der Waals surface area (Å²) in [5.41, 5.74) is 0.817. The van der Waals surface area contributed by atoms with E-state index in [9.17, 15) is 19.2 Å². The third kappa shape index (κ3) is 3.49. The van der Waals surface area contributed by atoms with Gasteiger partial charge >= 0.3 is 5.97 Å². The molecule has 1 aromatic heterocycles. The lowest BCUT2D eigenvalue weighted by Crippen LogP contribution is -2.29. The molecule has 0 bridgehead atoms. The SMILES string of the molecule is O=C(OCC(=O)c1ccc[nH]1)c1ccc2c(c1)C(=O)N(c1ccc(Cl)c(Cl)c1)C2=O. The van der Waals surface area contributed by atoms with E-state index in [1.807, 2.05) is 0 Å². The maximum atomic E-state index is 12.8. The van der Waals surface area contributed by atoms with E-state index in [1.54, 1.807) is 18.3 Å². The van der Waals surface area contributed by atoms with Gasteiger partial charge in [0, 0.05) is 6.20 Å². The third-order valence-corrected chi connectivity index (χ3v) is 5.26. The van der Waals surface area contributed by atoms with Crippen LogP contribution in [0.5, 0.6) is 0 Å². The van der Waals surface area contributed by atoms with Crippen LogP contribution in [0.2, 0.25) is 10.0 Å². The first kappa shape index (κ1) is 19.9. The predicted molar refractivity (Wildman–Crippen MR) is 109 cm³/mol. The maximum absolute atomic E-state index is 12.8. The number of imide groups is 1. The monoisotopic (exact) mass is 442 g/mol. The number of Topliss-reactive ketones (excluding diaryl/α,β-unsaturated/α-hetero) is 1. The van der Waals surface area contributed by atoms with Crippen LogP contribution in [0.1, 0.15) is 41.6 Å². The highest BCUT2D eigenvalue weighted by Crippen LogP contribution is 2.33. The lowest BCUT2D eigenvalue weighted by Gasteiger charge is -2.14. The summed E-state index contributed by atoms with van der Waals surface area (Å²) < 4.78 is 5.03. The molecule has 150 valence electrons. The molecular formula is C21H12Cl2N2O5. The average molecular weight is 443 g/mol. The quantitative estimate of drug-likeness (QED) is 0.363. The van der Waals surface area contributed by atoms with E-state index in [4.69, 9.17) is 27.9 Å². The molecule has 0 spiro atoms. The molecule has 30 heavy (non-hydrogen) atoms. The largest absolute Gasteiger partial charge is 0.454 e. The zero-order valence-electron chi connectivity index (χ0n) is 15.1. The van der Waals surface area contributed by atoms with Gasteiger partial charge in [0.2, 0.25) is 5.78 Å². The van der Waals surface area contributed by atoms with Gasteiger partial charge in [-0.2, -0.15) is 0 Å². The molecule has 0 atom stereocenters. The Balaban J connectivity index is 1.54. The van der Waals surface area contributed by atoms with Crippen LogP contribution in [0, 0.1) is 0 Å². The van der Waals surface area contributed by atoms with Gasteiger partial charge in [0.05, 0.1) is 38.1 Å². The molecule has 1 aliphatic heterocycles. The number of nitrogens with one attached hydrogen (secondary N) is 1. The maximum Gasteiger partial charge on any atom is 0.338 e. The summed E-state index contributed by atoms with van der Waals surface area (Å²) in [6.45, 7) is -0.460. The van der Waals surface area contributed by atoms with Gasteiger partial charge in [0.15, 0.2) is 6.61 Å². The van der Waals surface area contributed by atoms with Gasteiger partial charge in [-0.15, -0.1) is 0 Å². The van der Waals surface area contributed by atoms with E-state index in [0.29, 0.717) is 5.69 Å². The number of aromatic nitrogens is 1. The van der Waals surface area contributed by atoms with Crippen molar-refractivity contribution in [1.82, 2.24) is 4.98 Å². The Hall–Kier alpha value is -3.42. The smallest absolute Gasteiger partial charge is 0.338 e. The Morgan fingerprint density at radius 1 is 0.933 bits per heavy atom. The summed E-state index contributed by atoms with van der Waals surface area (Å²) >= 11 is 11.9. The number of ether oxygens (including phenoxy) is 1. The molecule has 1 N–H and O–H groups in total. The highest BCUT2D eigenvalue weighted by Gasteiger charge is 2.37. The minimum absolute atomic E-state index is 0.0465. The van der Waals surface area contributed by atoms with Crippen LogP contribution >= 0.6 is 23.2 Å². The van der Waals surface area contributed by atoms with Crippen molar-refractivity contribution in [2.24, 2.45) is 0 Å². The van der Waals surface area contributed by atoms with E-state index in [1.165, 1.54) is 36.4 Å². The molecule has 4 rings (SSSR count). The molecule has 2 amide bonds. The van der Waals surface area contributed by atoms with Crippen molar-refractivity contribution in [3.05, 3.63) is 87.2 Å². The number of carbonyl (C=O) groups is 4. The highest BCUT2D eigenvalue weighted by molar-refractivity contribution is 6.42. The fourth-order valence-corrected chi connectivity index (χ4v) is 3.31. The second-order valence-corrected chi connectivity index (χ2v) is 7.20. The number of benzene rings is 2. The van der Waals surface area contributed by atoms with Gasteiger partial charge in [-0.05, 0) is 48.5 Å². The van der Waals surface area contributed by atoms with E-state index < -0.39 is 30.2 Å². The van der Waals surface area contributed by atoms with Crippen LogP contribution in [0.3, 0.4) is 0 Å². The van der Waals surface area contributed by atoms with Crippen molar-refractivity contribution in [3.63, 3.8) is 0 Å². The molecule has 0 aliphatic carbocycles. The summed E-state index contributed by atoms with van der Waals surface area (Å²) in [5, 5.41) is 0.484. The number of halogens is 2. The number of nitrogens with zero attached hydrogens (tertiary/aromatic N) is 1. The summed E-state index contributed by atoms with van der Waals surface area (Å²) in [4.78, 5) is 53.5. The lowest BCUT2D eigenvalue weighted by molar-refractivity contribution is 0.0473. The van der Waals surface area contributed by atoms with Crippen LogP contribution in [0.25, 0.3) is 0 Å². The summed E-state index contributed by atoms with van der Waals surface area (Å²) in [6, 6.07) is 11.6. The van der Waals surface area contributed by atoms with Crippen molar-refractivity contribution in [2.45, 2.75) is 0 Å². The van der Waals surface area contributed by atoms with E-state index in [0.717, 1.165) is 4.90 Å². The average Bonchev–Trinajstić information content (AvgIpc) is 3.36. The predicted octanol–water partition coefficient (Wildman–Crippen LogP) is 4.16. The topological polar surface area (TPSA) is 96.5 Å². The van der Waals surface area contributed by atoms with Crippen LogP contribution in [-0.4, -0.2) is 35.2 Å². The zero-order valence-corrected chi connectivity index (χ0v) is 16.7. The molecular weight excluding hydrogens is 431 g/mol. The fraction of sp³-hybridized carbons (Fsp3) is 0.0476. The van der Waals surface area contributed by atoms with Gasteiger partial charge in [-0.3, -0.25) is 14.4 Å². The first-order valence-corrected chi connectivity index (χ1v) is 9.44. The Morgan fingerprint density at radius 2 is 1.70 bits per heavy atom. The fourth-order valence-electron chi connectivity index (χ4n) is 3.02. The number of amides is 2. The summed E-state index contributed by atoms with van der Waals surface area (Å²) in [5.74, 6) is -2.33. The normalized spacial score (nSPS) is 12.8. The molecule has 0 saturated carbocycles. The van der Waals surface area contributed by atoms with Crippen molar-refractivity contribution in [1.29, 1.82) is 0 Å². The van der Waals surface area contributed by atoms with Crippen LogP contribution in [-0.2, 0) is 4.74 Å². The number of hydrogen-bond acceptors (Lipinski definition) is 5. The molecule has 0 fully saturated rings. The number of aromatic amines is 1. The van der Waals surface area contributed by atoms with Gasteiger partial charge in [0.1, 0.15) is 0 Å². The number of fused-ring (bicyclic) bond motifs is 1. The minimum Gasteiger partial charge on any atom is -0.454 e. The van der Waals surface area contributed by atoms with Crippen LogP contribution < -0.4 is 4.90 Å². The van der Waals surface area contributed by atoms with Crippen LogP contribution in [0.15, 0.2) is 54.7 Å². The van der Waals surface area contributed by atoms with Crippen LogP contribution in [0.4, 0.5) is 5.69 Å². The van der Waals surface area contributed by atoms with Gasteiger partial charge in [-0.1, -0.05) is 23.2 Å². The standard InChI is InChI=1S/C21H12Cl2N2O5/c22-15-6-4-12(9-16(15)23)25-19(27)13-5-3-11(8-14(13)20(25)28)21(29)30-10-18(26)17-2-1-7-24-17/h1-9,24H,10H2. The third-order valence-electron chi connectivity index (χ3n) is 4.52. The van der Waals surface area contributed by atoms with E-state index >= 15 is 0 Å². The molecule has 0 unspecified atom stereocenters. The number of H-pyrrole nitrogens is 1. The Bertz CT molecular complexity index is 1200. The molecule has 2 heterocycles.